The van der Waals surface area contributed by atoms with Gasteiger partial charge in [-0.2, -0.15) is 0 Å². The Labute approximate surface area is 139 Å². The summed E-state index contributed by atoms with van der Waals surface area (Å²) >= 11 is 0. The van der Waals surface area contributed by atoms with Gasteiger partial charge in [0, 0.05) is 26.6 Å². The van der Waals surface area contributed by atoms with Crippen LogP contribution in [0.3, 0.4) is 0 Å². The third kappa shape index (κ3) is 4.07. The minimum atomic E-state index is -1.50. The summed E-state index contributed by atoms with van der Waals surface area (Å²) in [4.78, 5) is 14.2. The van der Waals surface area contributed by atoms with Gasteiger partial charge in [0.15, 0.2) is 0 Å². The van der Waals surface area contributed by atoms with Crippen LogP contribution in [-0.4, -0.2) is 47.1 Å². The molecule has 1 saturated heterocycles. The maximum absolute atomic E-state index is 12.1. The maximum atomic E-state index is 12.1. The van der Waals surface area contributed by atoms with Crippen LogP contribution in [0.5, 0.6) is 0 Å². The number of ether oxygens (including phenoxy) is 1. The van der Waals surface area contributed by atoms with E-state index in [4.69, 9.17) is 4.74 Å². The van der Waals surface area contributed by atoms with Gasteiger partial charge in [-0.1, -0.05) is 26.2 Å². The van der Waals surface area contributed by atoms with Crippen molar-refractivity contribution in [3.8, 4) is 0 Å². The van der Waals surface area contributed by atoms with Crippen LogP contribution in [0.2, 0.25) is 0 Å². The summed E-state index contributed by atoms with van der Waals surface area (Å²) in [5.74, 6) is -2.37. The lowest BCUT2D eigenvalue weighted by Gasteiger charge is -2.41. The van der Waals surface area contributed by atoms with E-state index in [-0.39, 0.29) is 5.92 Å². The van der Waals surface area contributed by atoms with Crippen molar-refractivity contribution in [2.75, 3.05) is 20.2 Å². The second-order valence-corrected chi connectivity index (χ2v) is 6.84. The first kappa shape index (κ1) is 18.3. The molecule has 1 atom stereocenters. The van der Waals surface area contributed by atoms with Crippen molar-refractivity contribution in [3.63, 3.8) is 0 Å². The number of hydrogen-bond donors (Lipinski definition) is 2. The Morgan fingerprint density at radius 1 is 1.17 bits per heavy atom. The van der Waals surface area contributed by atoms with Crippen molar-refractivity contribution in [2.45, 2.75) is 70.5 Å². The molecule has 5 nitrogen and oxygen atoms in total. The van der Waals surface area contributed by atoms with Crippen LogP contribution in [0.15, 0.2) is 11.3 Å². The Morgan fingerprint density at radius 3 is 2.26 bits per heavy atom. The molecule has 2 fully saturated rings. The highest BCUT2D eigenvalue weighted by molar-refractivity contribution is 5.88. The zero-order chi connectivity index (χ0) is 16.9. The van der Waals surface area contributed by atoms with E-state index in [1.54, 1.807) is 0 Å². The van der Waals surface area contributed by atoms with Crippen molar-refractivity contribution in [1.29, 1.82) is 0 Å². The molecule has 1 heterocycles. The molecule has 1 unspecified atom stereocenters. The fraction of sp³-hybridized carbons (Fsp3) is 0.833. The molecule has 0 aromatic heterocycles. The van der Waals surface area contributed by atoms with Gasteiger partial charge in [0.05, 0.1) is 11.3 Å². The molecule has 132 valence electrons. The lowest BCUT2D eigenvalue weighted by atomic mass is 9.89. The van der Waals surface area contributed by atoms with Gasteiger partial charge in [0.25, 0.3) is 0 Å². The molecule has 5 heteroatoms. The van der Waals surface area contributed by atoms with Gasteiger partial charge >= 0.3 is 5.97 Å². The molecule has 0 spiro atoms. The number of carboxylic acid groups (broad SMARTS) is 1. The van der Waals surface area contributed by atoms with Gasteiger partial charge < -0.3 is 19.8 Å². The quantitative estimate of drug-likeness (QED) is 0.556. The Morgan fingerprint density at radius 2 is 1.78 bits per heavy atom. The zero-order valence-corrected chi connectivity index (χ0v) is 14.5. The molecule has 0 aromatic rings. The van der Waals surface area contributed by atoms with Gasteiger partial charge in [0.2, 0.25) is 5.79 Å². The summed E-state index contributed by atoms with van der Waals surface area (Å²) in [7, 11) is 1.48. The van der Waals surface area contributed by atoms with Gasteiger partial charge in [-0.25, -0.2) is 4.79 Å². The van der Waals surface area contributed by atoms with Crippen molar-refractivity contribution >= 4 is 5.97 Å². The van der Waals surface area contributed by atoms with E-state index in [0.29, 0.717) is 17.7 Å². The van der Waals surface area contributed by atoms with Crippen LogP contribution in [0.25, 0.3) is 0 Å². The summed E-state index contributed by atoms with van der Waals surface area (Å²) in [6, 6.07) is 0. The summed E-state index contributed by atoms with van der Waals surface area (Å²) in [6.45, 7) is 3.58. The first-order valence-corrected chi connectivity index (χ1v) is 9.04. The van der Waals surface area contributed by atoms with Crippen LogP contribution in [0, 0.1) is 5.92 Å². The molecular formula is C18H31NO4. The van der Waals surface area contributed by atoms with Crippen LogP contribution in [-0.2, 0) is 9.53 Å². The second-order valence-electron chi connectivity index (χ2n) is 6.84. The number of carboxylic acids is 1. The lowest BCUT2D eigenvalue weighted by molar-refractivity contribution is -0.176. The van der Waals surface area contributed by atoms with Crippen LogP contribution in [0.4, 0.5) is 0 Å². The number of piperidine rings is 1. The fourth-order valence-corrected chi connectivity index (χ4v) is 4.09. The first-order chi connectivity index (χ1) is 11.0. The van der Waals surface area contributed by atoms with E-state index in [2.05, 4.69) is 4.90 Å². The average molecular weight is 325 g/mol. The van der Waals surface area contributed by atoms with Crippen molar-refractivity contribution in [3.05, 3.63) is 11.3 Å². The third-order valence-corrected chi connectivity index (χ3v) is 5.22. The van der Waals surface area contributed by atoms with E-state index < -0.39 is 11.8 Å². The molecule has 2 rings (SSSR count). The minimum absolute atomic E-state index is 0.0305. The Balaban J connectivity index is 2.51. The second kappa shape index (κ2) is 8.15. The summed E-state index contributed by atoms with van der Waals surface area (Å²) in [6.07, 6.45) is 8.30. The third-order valence-electron chi connectivity index (χ3n) is 5.22. The number of likely N-dealkylation sites (tertiary alicyclic amines) is 1. The summed E-state index contributed by atoms with van der Waals surface area (Å²) in [5.41, 5.74) is 0.920. The lowest BCUT2D eigenvalue weighted by Crippen LogP contribution is -2.46. The predicted octanol–water partition coefficient (Wildman–Crippen LogP) is 3.14. The molecule has 0 aromatic carbocycles. The monoisotopic (exact) mass is 325 g/mol. The summed E-state index contributed by atoms with van der Waals surface area (Å²) in [5, 5.41) is 21.0. The number of nitrogens with zero attached hydrogens (tertiary/aromatic N) is 1. The molecule has 23 heavy (non-hydrogen) atoms. The molecular weight excluding hydrogens is 294 g/mol. The average Bonchev–Trinajstić information content (AvgIpc) is 3.07. The van der Waals surface area contributed by atoms with Gasteiger partial charge in [-0.05, 0) is 38.0 Å². The van der Waals surface area contributed by atoms with E-state index in [1.165, 1.54) is 7.11 Å². The molecule has 1 saturated carbocycles. The topological polar surface area (TPSA) is 70.0 Å². The number of methoxy groups -OCH3 is 1. The smallest absolute Gasteiger partial charge is 0.333 e. The zero-order valence-electron chi connectivity index (χ0n) is 14.5. The maximum Gasteiger partial charge on any atom is 0.333 e. The number of aliphatic hydroxyl groups is 1. The molecule has 0 bridgehead atoms. The van der Waals surface area contributed by atoms with E-state index >= 15 is 0 Å². The van der Waals surface area contributed by atoms with Crippen molar-refractivity contribution in [1.82, 2.24) is 4.90 Å². The normalized spacial score (nSPS) is 23.5. The molecule has 1 aliphatic heterocycles. The molecule has 0 radical (unpaired) electrons. The van der Waals surface area contributed by atoms with Crippen molar-refractivity contribution in [2.24, 2.45) is 5.92 Å². The molecule has 2 aliphatic rings. The minimum Gasteiger partial charge on any atom is -0.478 e. The predicted molar refractivity (Wildman–Crippen MR) is 88.9 cm³/mol. The Bertz CT molecular complexity index is 436. The Kier molecular flexibility index (Phi) is 6.48. The number of carbonyl (C=O) groups is 1. The molecule has 1 aliphatic carbocycles. The number of hydrogen-bond acceptors (Lipinski definition) is 4. The highest BCUT2D eigenvalue weighted by Crippen LogP contribution is 2.39. The summed E-state index contributed by atoms with van der Waals surface area (Å²) < 4.78 is 5.48. The molecule has 0 amide bonds. The number of rotatable bonds is 7. The SMILES string of the molecule is CCCC(O)(OC)C(=C(C(=O)O)C1CCCC1)N1CCCCC1. The van der Waals surface area contributed by atoms with E-state index in [1.807, 2.05) is 6.92 Å². The van der Waals surface area contributed by atoms with Crippen LogP contribution < -0.4 is 0 Å². The number of aliphatic carboxylic acids is 1. The van der Waals surface area contributed by atoms with Crippen LogP contribution in [0.1, 0.15) is 64.7 Å². The van der Waals surface area contributed by atoms with Gasteiger partial charge in [-0.15, -0.1) is 0 Å². The van der Waals surface area contributed by atoms with E-state index in [9.17, 15) is 15.0 Å². The van der Waals surface area contributed by atoms with Gasteiger partial charge in [0.1, 0.15) is 0 Å². The largest absolute Gasteiger partial charge is 0.478 e. The Hall–Kier alpha value is -1.07. The van der Waals surface area contributed by atoms with Gasteiger partial charge in [-0.3, -0.25) is 0 Å². The highest BCUT2D eigenvalue weighted by atomic mass is 16.6. The first-order valence-electron chi connectivity index (χ1n) is 9.04. The molecule has 2 N–H and O–H groups in total. The van der Waals surface area contributed by atoms with Crippen molar-refractivity contribution < 1.29 is 19.7 Å². The standard InChI is InChI=1S/C18H31NO4/c1-3-11-18(22,23-2)16(19-12-7-4-8-13-19)15(17(20)21)14-9-5-6-10-14/h14,22H,3-13H2,1-2H3,(H,20,21). The van der Waals surface area contributed by atoms with Crippen LogP contribution >= 0.6 is 0 Å². The van der Waals surface area contributed by atoms with E-state index in [0.717, 1.165) is 64.5 Å². The highest BCUT2D eigenvalue weighted by Gasteiger charge is 2.41. The fourth-order valence-electron chi connectivity index (χ4n) is 4.09.